The first kappa shape index (κ1) is 11.7. The molecule has 0 N–H and O–H groups in total. The summed E-state index contributed by atoms with van der Waals surface area (Å²) in [5.41, 5.74) is 2.24. The highest BCUT2D eigenvalue weighted by Crippen LogP contribution is 2.17. The normalized spacial score (nSPS) is 10.5. The van der Waals surface area contributed by atoms with Gasteiger partial charge in [-0.3, -0.25) is 0 Å². The summed E-state index contributed by atoms with van der Waals surface area (Å²) in [6.45, 7) is 0. The molecule has 0 atom stereocenters. The van der Waals surface area contributed by atoms with E-state index in [1.807, 2.05) is 48.5 Å². The molecule has 3 aromatic rings. The lowest BCUT2D eigenvalue weighted by Gasteiger charge is -1.97. The van der Waals surface area contributed by atoms with Crippen molar-refractivity contribution >= 4 is 0 Å². The smallest absolute Gasteiger partial charge is 0.247 e. The van der Waals surface area contributed by atoms with E-state index in [1.165, 1.54) is 5.56 Å². The molecule has 0 aliphatic rings. The van der Waals surface area contributed by atoms with Crippen LogP contribution in [0.4, 0.5) is 0 Å². The number of hydrogen-bond acceptors (Lipinski definition) is 3. The van der Waals surface area contributed by atoms with Crippen molar-refractivity contribution < 1.29 is 4.42 Å². The molecule has 3 heteroatoms. The molecule has 0 unspecified atom stereocenters. The van der Waals surface area contributed by atoms with Crippen LogP contribution in [0.25, 0.3) is 11.5 Å². The van der Waals surface area contributed by atoms with E-state index in [9.17, 15) is 0 Å². The van der Waals surface area contributed by atoms with Gasteiger partial charge in [0, 0.05) is 12.0 Å². The van der Waals surface area contributed by atoms with Crippen molar-refractivity contribution in [2.24, 2.45) is 0 Å². The zero-order valence-corrected chi connectivity index (χ0v) is 10.5. The van der Waals surface area contributed by atoms with Crippen molar-refractivity contribution in [1.29, 1.82) is 0 Å². The van der Waals surface area contributed by atoms with Gasteiger partial charge in [0.15, 0.2) is 0 Å². The summed E-state index contributed by atoms with van der Waals surface area (Å²) in [5.74, 6) is 1.27. The molecule has 1 aromatic heterocycles. The predicted octanol–water partition coefficient (Wildman–Crippen LogP) is 3.52. The second-order valence-corrected chi connectivity index (χ2v) is 4.35. The van der Waals surface area contributed by atoms with Crippen molar-refractivity contribution in [2.45, 2.75) is 12.8 Å². The third-order valence-electron chi connectivity index (χ3n) is 2.96. The lowest BCUT2D eigenvalue weighted by atomic mass is 10.1. The molecule has 0 amide bonds. The van der Waals surface area contributed by atoms with E-state index in [-0.39, 0.29) is 0 Å². The minimum absolute atomic E-state index is 0.587. The van der Waals surface area contributed by atoms with Gasteiger partial charge in [0.2, 0.25) is 11.8 Å². The van der Waals surface area contributed by atoms with Gasteiger partial charge >= 0.3 is 0 Å². The van der Waals surface area contributed by atoms with Gasteiger partial charge in [-0.1, -0.05) is 48.5 Å². The molecule has 2 aromatic carbocycles. The minimum Gasteiger partial charge on any atom is -0.421 e. The average Bonchev–Trinajstić information content (AvgIpc) is 2.96. The third-order valence-corrected chi connectivity index (χ3v) is 2.96. The van der Waals surface area contributed by atoms with Crippen molar-refractivity contribution in [3.63, 3.8) is 0 Å². The summed E-state index contributed by atoms with van der Waals surface area (Å²) < 4.78 is 5.67. The van der Waals surface area contributed by atoms with Crippen LogP contribution in [0.5, 0.6) is 0 Å². The maximum Gasteiger partial charge on any atom is 0.247 e. The molecule has 3 nitrogen and oxygen atoms in total. The Morgan fingerprint density at radius 2 is 1.42 bits per heavy atom. The Labute approximate surface area is 111 Å². The summed E-state index contributed by atoms with van der Waals surface area (Å²) in [7, 11) is 0. The fraction of sp³-hybridized carbons (Fsp3) is 0.125. The minimum atomic E-state index is 0.587. The van der Waals surface area contributed by atoms with E-state index in [0.29, 0.717) is 11.8 Å². The van der Waals surface area contributed by atoms with E-state index in [1.54, 1.807) is 0 Å². The molecule has 0 fully saturated rings. The van der Waals surface area contributed by atoms with Gasteiger partial charge in [0.05, 0.1) is 0 Å². The molecule has 3 rings (SSSR count). The van der Waals surface area contributed by atoms with Crippen LogP contribution in [-0.2, 0) is 12.8 Å². The van der Waals surface area contributed by atoms with Crippen molar-refractivity contribution in [3.8, 4) is 11.5 Å². The Balaban J connectivity index is 1.69. The lowest BCUT2D eigenvalue weighted by molar-refractivity contribution is 0.504. The van der Waals surface area contributed by atoms with Crippen molar-refractivity contribution in [2.75, 3.05) is 0 Å². The van der Waals surface area contributed by atoms with Gasteiger partial charge < -0.3 is 4.42 Å². The topological polar surface area (TPSA) is 38.9 Å². The van der Waals surface area contributed by atoms with Crippen LogP contribution in [0.15, 0.2) is 65.1 Å². The summed E-state index contributed by atoms with van der Waals surface area (Å²) in [4.78, 5) is 0. The van der Waals surface area contributed by atoms with Crippen LogP contribution in [0.1, 0.15) is 11.5 Å². The maximum atomic E-state index is 5.67. The van der Waals surface area contributed by atoms with E-state index in [4.69, 9.17) is 4.42 Å². The second-order valence-electron chi connectivity index (χ2n) is 4.35. The maximum absolute atomic E-state index is 5.67. The predicted molar refractivity (Wildman–Crippen MR) is 73.6 cm³/mol. The Morgan fingerprint density at radius 1 is 0.737 bits per heavy atom. The van der Waals surface area contributed by atoms with Crippen LogP contribution in [0.3, 0.4) is 0 Å². The quantitative estimate of drug-likeness (QED) is 0.711. The number of nitrogens with zero attached hydrogens (tertiary/aromatic N) is 2. The Hall–Kier alpha value is -2.42. The fourth-order valence-electron chi connectivity index (χ4n) is 1.95. The van der Waals surface area contributed by atoms with E-state index >= 15 is 0 Å². The number of benzene rings is 2. The van der Waals surface area contributed by atoms with E-state index in [0.717, 1.165) is 18.4 Å². The van der Waals surface area contributed by atoms with Gasteiger partial charge in [-0.25, -0.2) is 0 Å². The lowest BCUT2D eigenvalue weighted by Crippen LogP contribution is -1.90. The molecular weight excluding hydrogens is 236 g/mol. The monoisotopic (exact) mass is 250 g/mol. The molecule has 94 valence electrons. The second kappa shape index (κ2) is 5.48. The van der Waals surface area contributed by atoms with Gasteiger partial charge in [0.25, 0.3) is 0 Å². The Kier molecular flexibility index (Phi) is 3.36. The zero-order valence-electron chi connectivity index (χ0n) is 10.5. The van der Waals surface area contributed by atoms with Crippen molar-refractivity contribution in [3.05, 3.63) is 72.1 Å². The first-order valence-corrected chi connectivity index (χ1v) is 6.33. The van der Waals surface area contributed by atoms with Gasteiger partial charge in [-0.2, -0.15) is 0 Å². The number of aromatic nitrogens is 2. The summed E-state index contributed by atoms with van der Waals surface area (Å²) in [5, 5.41) is 8.17. The Morgan fingerprint density at radius 3 is 2.16 bits per heavy atom. The largest absolute Gasteiger partial charge is 0.421 e. The van der Waals surface area contributed by atoms with Crippen molar-refractivity contribution in [1.82, 2.24) is 10.2 Å². The Bertz CT molecular complexity index is 632. The molecule has 0 spiro atoms. The molecule has 0 radical (unpaired) electrons. The molecule has 1 heterocycles. The first-order valence-electron chi connectivity index (χ1n) is 6.33. The summed E-state index contributed by atoms with van der Waals surface area (Å²) >= 11 is 0. The molecule has 0 aliphatic heterocycles. The summed E-state index contributed by atoms with van der Waals surface area (Å²) in [6.07, 6.45) is 1.68. The molecule has 0 saturated carbocycles. The number of hydrogen-bond donors (Lipinski definition) is 0. The van der Waals surface area contributed by atoms with Crippen LogP contribution in [0.2, 0.25) is 0 Å². The molecule has 0 aliphatic carbocycles. The molecule has 0 bridgehead atoms. The highest BCUT2D eigenvalue weighted by Gasteiger charge is 2.07. The van der Waals surface area contributed by atoms with Crippen LogP contribution in [-0.4, -0.2) is 10.2 Å². The van der Waals surface area contributed by atoms with Gasteiger partial charge in [0.1, 0.15) is 0 Å². The number of aryl methyl sites for hydroxylation is 2. The standard InChI is InChI=1S/C16H14N2O/c1-3-7-13(8-4-1)11-12-15-17-18-16(19-15)14-9-5-2-6-10-14/h1-10H,11-12H2. The van der Waals surface area contributed by atoms with E-state index in [2.05, 4.69) is 22.3 Å². The third kappa shape index (κ3) is 2.88. The van der Waals surface area contributed by atoms with Gasteiger partial charge in [-0.15, -0.1) is 10.2 Å². The van der Waals surface area contributed by atoms with Crippen LogP contribution < -0.4 is 0 Å². The molecule has 19 heavy (non-hydrogen) atoms. The van der Waals surface area contributed by atoms with Gasteiger partial charge in [-0.05, 0) is 24.1 Å². The average molecular weight is 250 g/mol. The zero-order chi connectivity index (χ0) is 12.9. The molecule has 0 saturated heterocycles. The van der Waals surface area contributed by atoms with Crippen LogP contribution in [0, 0.1) is 0 Å². The summed E-state index contributed by atoms with van der Waals surface area (Å²) in [6, 6.07) is 20.1. The fourth-order valence-corrected chi connectivity index (χ4v) is 1.95. The number of rotatable bonds is 4. The molecular formula is C16H14N2O. The first-order chi connectivity index (χ1) is 9.42. The highest BCUT2D eigenvalue weighted by atomic mass is 16.4. The highest BCUT2D eigenvalue weighted by molar-refractivity contribution is 5.51. The van der Waals surface area contributed by atoms with E-state index < -0.39 is 0 Å². The SMILES string of the molecule is c1ccc(CCc2nnc(-c3ccccc3)o2)cc1. The van der Waals surface area contributed by atoms with Crippen LogP contribution >= 0.6 is 0 Å².